The number of nitrogens with zero attached hydrogens (tertiary/aromatic N) is 2. The first kappa shape index (κ1) is 23.5. The molecule has 36 heavy (non-hydrogen) atoms. The van der Waals surface area contributed by atoms with Crippen molar-refractivity contribution in [2.75, 3.05) is 11.6 Å². The predicted molar refractivity (Wildman–Crippen MR) is 137 cm³/mol. The molecule has 5 nitrogen and oxygen atoms in total. The molecule has 1 atom stereocenters. The average Bonchev–Trinajstić information content (AvgIpc) is 3.65. The third kappa shape index (κ3) is 3.06. The maximum absolute atomic E-state index is 15.2. The van der Waals surface area contributed by atoms with Gasteiger partial charge in [-0.1, -0.05) is 17.0 Å². The number of ketones is 1. The summed E-state index contributed by atoms with van der Waals surface area (Å²) in [5.41, 5.74) is -0.327. The zero-order chi connectivity index (χ0) is 25.7. The van der Waals surface area contributed by atoms with Crippen LogP contribution in [0.3, 0.4) is 0 Å². The number of aromatic hydroxyl groups is 1. The molecule has 1 saturated carbocycles. The van der Waals surface area contributed by atoms with Gasteiger partial charge in [-0.3, -0.25) is 19.3 Å². The summed E-state index contributed by atoms with van der Waals surface area (Å²) in [4.78, 5) is 26.1. The van der Waals surface area contributed by atoms with Gasteiger partial charge in [-0.05, 0) is 30.0 Å². The van der Waals surface area contributed by atoms with Crippen LogP contribution in [0.25, 0.3) is 0 Å². The Kier molecular flexibility index (Phi) is 5.10. The molecule has 0 saturated heterocycles. The molecule has 0 bridgehead atoms. The topological polar surface area (TPSA) is 62.5 Å². The molecule has 1 N–H and O–H groups in total. The highest BCUT2D eigenvalue weighted by atomic mass is 32.2. The van der Waals surface area contributed by atoms with E-state index in [1.54, 1.807) is 5.01 Å². The fourth-order valence-corrected chi connectivity index (χ4v) is 6.50. The summed E-state index contributed by atoms with van der Waals surface area (Å²) in [6, 6.07) is 2.74. The van der Waals surface area contributed by atoms with Crippen molar-refractivity contribution in [3.63, 3.8) is 0 Å². The van der Waals surface area contributed by atoms with Crippen molar-refractivity contribution in [3.8, 4) is 5.75 Å². The van der Waals surface area contributed by atoms with E-state index in [4.69, 9.17) is 31.4 Å². The van der Waals surface area contributed by atoms with Crippen LogP contribution in [0.4, 0.5) is 8.78 Å². The molecule has 12 heteroatoms. The second-order valence-electron chi connectivity index (χ2n) is 9.45. The third-order valence-electron chi connectivity index (χ3n) is 7.45. The van der Waals surface area contributed by atoms with Crippen LogP contribution >= 0.6 is 11.8 Å². The fourth-order valence-electron chi connectivity index (χ4n) is 5.28. The molecule has 1 aromatic heterocycles. The monoisotopic (exact) mass is 492 g/mol. The quantitative estimate of drug-likeness (QED) is 0.457. The summed E-state index contributed by atoms with van der Waals surface area (Å²) in [5, 5.41) is 12.4. The first-order valence-electron chi connectivity index (χ1n) is 11.2. The van der Waals surface area contributed by atoms with E-state index in [0.717, 1.165) is 23.9 Å². The molecule has 0 amide bonds. The number of thioether (sulfide) groups is 1. The average molecular weight is 492 g/mol. The van der Waals surface area contributed by atoms with Gasteiger partial charge >= 0.3 is 0 Å². The van der Waals surface area contributed by atoms with Crippen molar-refractivity contribution in [1.82, 2.24) is 4.68 Å². The van der Waals surface area contributed by atoms with Crippen LogP contribution in [0, 0.1) is 17.0 Å². The minimum atomic E-state index is -1.01. The summed E-state index contributed by atoms with van der Waals surface area (Å²) in [7, 11) is 25.2. The smallest absolute Gasteiger partial charge is 0.224 e. The Bertz CT molecular complexity index is 1570. The largest absolute Gasteiger partial charge is 0.503 e. The van der Waals surface area contributed by atoms with Crippen LogP contribution in [-0.2, 0) is 5.75 Å². The standard InChI is InChI=1S/C24H14B4F2N2O3S/c25-14-13-19(32-8-24(4-5-24)23(35)20-21(34)12(33)3-6-31(20)32)9-1-2-11(29)18(30)10(9)7-36-22(13)17(28)16(27)15(14)26/h1-3,6,19,34H,4-5,7-8H2/t19-/m0/s1. The molecule has 1 fully saturated rings. The highest BCUT2D eigenvalue weighted by molar-refractivity contribution is 7.98. The van der Waals surface area contributed by atoms with Crippen LogP contribution in [-0.4, -0.2) is 53.5 Å². The predicted octanol–water partition coefficient (Wildman–Crippen LogP) is -0.683. The summed E-state index contributed by atoms with van der Waals surface area (Å²) in [5.74, 6) is -2.99. The van der Waals surface area contributed by atoms with Gasteiger partial charge in [-0.2, -0.15) is 0 Å². The summed E-state index contributed by atoms with van der Waals surface area (Å²) >= 11 is 1.16. The summed E-state index contributed by atoms with van der Waals surface area (Å²) in [6.07, 6.45) is 2.47. The van der Waals surface area contributed by atoms with Gasteiger partial charge in [0.1, 0.15) is 31.4 Å². The number of Topliss-reactive ketones (excluding diaryl/α,β-unsaturated/α-hetero) is 1. The van der Waals surface area contributed by atoms with E-state index in [9.17, 15) is 19.1 Å². The fraction of sp³-hybridized carbons (Fsp3) is 0.250. The Morgan fingerprint density at radius 3 is 2.39 bits per heavy atom. The highest BCUT2D eigenvalue weighted by Gasteiger charge is 2.57. The number of carbonyl (C=O) groups excluding carboxylic acids is 1. The van der Waals surface area contributed by atoms with Gasteiger partial charge in [0.25, 0.3) is 0 Å². The zero-order valence-electron chi connectivity index (χ0n) is 18.8. The van der Waals surface area contributed by atoms with Crippen LogP contribution in [0.5, 0.6) is 5.75 Å². The Morgan fingerprint density at radius 1 is 1.00 bits per heavy atom. The number of hydrogen-bond donors (Lipinski definition) is 1. The Balaban J connectivity index is 1.72. The molecule has 3 aromatic rings. The van der Waals surface area contributed by atoms with E-state index in [1.165, 1.54) is 16.9 Å². The van der Waals surface area contributed by atoms with Gasteiger partial charge in [0.05, 0.1) is 11.5 Å². The van der Waals surface area contributed by atoms with E-state index < -0.39 is 34.3 Å². The van der Waals surface area contributed by atoms with Crippen molar-refractivity contribution in [2.24, 2.45) is 5.41 Å². The van der Waals surface area contributed by atoms with Gasteiger partial charge in [-0.25, -0.2) is 8.78 Å². The number of fused-ring (bicyclic) bond motifs is 3. The van der Waals surface area contributed by atoms with Crippen molar-refractivity contribution >= 4 is 70.8 Å². The molecular weight excluding hydrogens is 478 g/mol. The van der Waals surface area contributed by atoms with Crippen LogP contribution in [0.2, 0.25) is 0 Å². The second kappa shape index (κ2) is 7.81. The molecule has 6 rings (SSSR count). The van der Waals surface area contributed by atoms with Gasteiger partial charge < -0.3 is 5.11 Å². The first-order chi connectivity index (χ1) is 17.1. The molecule has 1 spiro atoms. The lowest BCUT2D eigenvalue weighted by molar-refractivity contribution is 0.0856. The van der Waals surface area contributed by atoms with Crippen LogP contribution < -0.4 is 32.3 Å². The number of benzene rings is 2. The van der Waals surface area contributed by atoms with Gasteiger partial charge in [0.15, 0.2) is 28.9 Å². The molecule has 1 aliphatic carbocycles. The lowest BCUT2D eigenvalue weighted by atomic mass is 9.64. The number of hydrogen-bond acceptors (Lipinski definition) is 5. The van der Waals surface area contributed by atoms with E-state index in [1.807, 2.05) is 0 Å². The van der Waals surface area contributed by atoms with Gasteiger partial charge in [0.2, 0.25) is 5.43 Å². The molecule has 170 valence electrons. The van der Waals surface area contributed by atoms with Crippen molar-refractivity contribution in [3.05, 3.63) is 68.6 Å². The Morgan fingerprint density at radius 2 is 1.69 bits per heavy atom. The molecule has 2 aliphatic heterocycles. The van der Waals surface area contributed by atoms with Crippen molar-refractivity contribution in [2.45, 2.75) is 29.5 Å². The molecule has 2 aromatic carbocycles. The van der Waals surface area contributed by atoms with Crippen molar-refractivity contribution in [1.29, 1.82) is 0 Å². The lowest BCUT2D eigenvalue weighted by Gasteiger charge is -2.44. The van der Waals surface area contributed by atoms with E-state index in [-0.39, 0.29) is 51.2 Å². The minimum Gasteiger partial charge on any atom is -0.503 e. The number of rotatable bonds is 1. The highest BCUT2D eigenvalue weighted by Crippen LogP contribution is 2.53. The Labute approximate surface area is 214 Å². The number of carbonyl (C=O) groups is 1. The van der Waals surface area contributed by atoms with Gasteiger partial charge in [-0.15, -0.1) is 22.7 Å². The molecule has 8 radical (unpaired) electrons. The molecular formula is C24H14B4F2N2O3S. The lowest BCUT2D eigenvalue weighted by Crippen LogP contribution is -2.55. The summed E-state index contributed by atoms with van der Waals surface area (Å²) in [6.45, 7) is 0.179. The van der Waals surface area contributed by atoms with E-state index in [0.29, 0.717) is 28.9 Å². The SMILES string of the molecule is [B]c1c([B])c([B])c2c(c1[B])SCc1c(ccc(F)c1F)[C@@H]2N1CC2(CC2)C(=O)c2c(O)c(=O)ccn21. The number of aromatic nitrogens is 1. The van der Waals surface area contributed by atoms with Crippen LogP contribution in [0.1, 0.15) is 46.1 Å². The normalized spacial score (nSPS) is 19.4. The number of halogens is 2. The maximum atomic E-state index is 15.2. The first-order valence-corrected chi connectivity index (χ1v) is 12.2. The second-order valence-corrected chi connectivity index (χ2v) is 10.4. The Hall–Kier alpha value is -2.87. The zero-order valence-corrected chi connectivity index (χ0v) is 19.7. The molecule has 3 aliphatic rings. The van der Waals surface area contributed by atoms with E-state index in [2.05, 4.69) is 0 Å². The van der Waals surface area contributed by atoms with Crippen molar-refractivity contribution < 1.29 is 18.7 Å². The maximum Gasteiger partial charge on any atom is 0.224 e. The van der Waals surface area contributed by atoms with E-state index >= 15 is 4.39 Å². The third-order valence-corrected chi connectivity index (χ3v) is 8.62. The summed E-state index contributed by atoms with van der Waals surface area (Å²) < 4.78 is 30.9. The minimum absolute atomic E-state index is 0.0373. The van der Waals surface area contributed by atoms with Crippen LogP contribution in [0.15, 0.2) is 34.1 Å². The molecule has 3 heterocycles. The van der Waals surface area contributed by atoms with Gasteiger partial charge in [0, 0.05) is 35.0 Å². The number of pyridine rings is 1. The molecule has 0 unspecified atom stereocenters.